The number of methoxy groups -OCH3 is 1. The number of hydrogen-bond acceptors (Lipinski definition) is 4. The van der Waals surface area contributed by atoms with Crippen molar-refractivity contribution in [2.24, 2.45) is 0 Å². The second kappa shape index (κ2) is 5.65. The van der Waals surface area contributed by atoms with E-state index in [4.69, 9.17) is 15.2 Å². The minimum absolute atomic E-state index is 0.244. The van der Waals surface area contributed by atoms with E-state index in [1.807, 2.05) is 35.0 Å². The van der Waals surface area contributed by atoms with Gasteiger partial charge in [-0.05, 0) is 26.0 Å². The number of nitrogens with two attached hydrogens (primary N) is 1. The molecule has 0 saturated heterocycles. The van der Waals surface area contributed by atoms with Gasteiger partial charge in [-0.3, -0.25) is 4.68 Å². The molecule has 0 unspecified atom stereocenters. The molecular formula is C14H19N3O2. The van der Waals surface area contributed by atoms with Crippen molar-refractivity contribution in [2.45, 2.75) is 26.5 Å². The van der Waals surface area contributed by atoms with E-state index >= 15 is 0 Å². The molecule has 0 fully saturated rings. The molecule has 0 saturated carbocycles. The summed E-state index contributed by atoms with van der Waals surface area (Å²) in [6.07, 6.45) is 0. The third-order valence-corrected chi connectivity index (χ3v) is 2.77. The number of benzene rings is 1. The van der Waals surface area contributed by atoms with E-state index in [0.29, 0.717) is 23.9 Å². The van der Waals surface area contributed by atoms with Gasteiger partial charge in [-0.15, -0.1) is 0 Å². The van der Waals surface area contributed by atoms with E-state index in [0.717, 1.165) is 5.69 Å². The molecule has 1 aromatic heterocycles. The Hall–Kier alpha value is -2.17. The summed E-state index contributed by atoms with van der Waals surface area (Å²) in [5, 5.41) is 4.25. The topological polar surface area (TPSA) is 62.3 Å². The van der Waals surface area contributed by atoms with Crippen molar-refractivity contribution in [3.05, 3.63) is 36.0 Å². The number of rotatable bonds is 5. The first-order chi connectivity index (χ1) is 9.11. The molecule has 0 aliphatic carbocycles. The van der Waals surface area contributed by atoms with Gasteiger partial charge in [0.15, 0.2) is 11.5 Å². The molecular weight excluding hydrogens is 242 g/mol. The van der Waals surface area contributed by atoms with Crippen molar-refractivity contribution in [2.75, 3.05) is 12.8 Å². The van der Waals surface area contributed by atoms with Gasteiger partial charge in [0.05, 0.1) is 12.8 Å². The average Bonchev–Trinajstić information content (AvgIpc) is 2.78. The molecule has 19 heavy (non-hydrogen) atoms. The second-order valence-corrected chi connectivity index (χ2v) is 4.54. The van der Waals surface area contributed by atoms with Crippen LogP contribution in [0, 0.1) is 0 Å². The van der Waals surface area contributed by atoms with E-state index in [1.54, 1.807) is 7.11 Å². The van der Waals surface area contributed by atoms with Gasteiger partial charge in [-0.2, -0.15) is 5.10 Å². The maximum Gasteiger partial charge on any atom is 0.161 e. The molecule has 0 radical (unpaired) electrons. The summed E-state index contributed by atoms with van der Waals surface area (Å²) < 4.78 is 12.9. The van der Waals surface area contributed by atoms with Gasteiger partial charge < -0.3 is 15.2 Å². The first-order valence-electron chi connectivity index (χ1n) is 6.21. The van der Waals surface area contributed by atoms with Gasteiger partial charge in [0.2, 0.25) is 0 Å². The van der Waals surface area contributed by atoms with Gasteiger partial charge in [0, 0.05) is 12.1 Å². The van der Waals surface area contributed by atoms with Gasteiger partial charge in [0.1, 0.15) is 12.4 Å². The van der Waals surface area contributed by atoms with Crippen molar-refractivity contribution in [3.8, 4) is 11.5 Å². The molecule has 2 N–H and O–H groups in total. The molecule has 5 heteroatoms. The predicted molar refractivity (Wildman–Crippen MR) is 74.4 cm³/mol. The van der Waals surface area contributed by atoms with Crippen LogP contribution < -0.4 is 15.2 Å². The maximum absolute atomic E-state index is 5.78. The monoisotopic (exact) mass is 261 g/mol. The van der Waals surface area contributed by atoms with Crippen molar-refractivity contribution in [3.63, 3.8) is 0 Å². The summed E-state index contributed by atoms with van der Waals surface area (Å²) in [5.41, 5.74) is 6.67. The lowest BCUT2D eigenvalue weighted by molar-refractivity contribution is 0.270. The number of para-hydroxylation sites is 2. The summed E-state index contributed by atoms with van der Waals surface area (Å²) in [6.45, 7) is 4.51. The highest BCUT2D eigenvalue weighted by atomic mass is 16.5. The Kier molecular flexibility index (Phi) is 3.94. The fraction of sp³-hybridized carbons (Fsp3) is 0.357. The number of nitrogen functional groups attached to an aromatic ring is 1. The third-order valence-electron chi connectivity index (χ3n) is 2.77. The molecule has 0 amide bonds. The van der Waals surface area contributed by atoms with Crippen molar-refractivity contribution < 1.29 is 9.47 Å². The normalized spacial score (nSPS) is 10.7. The lowest BCUT2D eigenvalue weighted by Crippen LogP contribution is -2.10. The van der Waals surface area contributed by atoms with E-state index in [2.05, 4.69) is 18.9 Å². The summed E-state index contributed by atoms with van der Waals surface area (Å²) in [6, 6.07) is 9.62. The van der Waals surface area contributed by atoms with Gasteiger partial charge in [-0.25, -0.2) is 0 Å². The standard InChI is InChI=1S/C14H19N3O2/c1-10(2)17-11(8-14(15)16-17)9-19-13-7-5-4-6-12(13)18-3/h4-8,10H,9H2,1-3H3,(H2,15,16). The number of ether oxygens (including phenoxy) is 2. The lowest BCUT2D eigenvalue weighted by Gasteiger charge is -2.13. The van der Waals surface area contributed by atoms with Crippen LogP contribution in [-0.4, -0.2) is 16.9 Å². The fourth-order valence-electron chi connectivity index (χ4n) is 1.90. The van der Waals surface area contributed by atoms with E-state index < -0.39 is 0 Å². The number of hydrogen-bond donors (Lipinski definition) is 1. The average molecular weight is 261 g/mol. The van der Waals surface area contributed by atoms with Crippen molar-refractivity contribution >= 4 is 5.82 Å². The summed E-state index contributed by atoms with van der Waals surface area (Å²) >= 11 is 0. The molecule has 102 valence electrons. The number of aromatic nitrogens is 2. The van der Waals surface area contributed by atoms with Crippen molar-refractivity contribution in [1.82, 2.24) is 9.78 Å². The molecule has 2 rings (SSSR count). The van der Waals surface area contributed by atoms with Crippen LogP contribution in [-0.2, 0) is 6.61 Å². The highest BCUT2D eigenvalue weighted by Crippen LogP contribution is 2.27. The molecule has 1 aromatic carbocycles. The zero-order chi connectivity index (χ0) is 13.8. The molecule has 2 aromatic rings. The quantitative estimate of drug-likeness (QED) is 0.898. The van der Waals surface area contributed by atoms with Crippen LogP contribution in [0.25, 0.3) is 0 Å². The zero-order valence-electron chi connectivity index (χ0n) is 11.5. The second-order valence-electron chi connectivity index (χ2n) is 4.54. The van der Waals surface area contributed by atoms with E-state index in [-0.39, 0.29) is 6.04 Å². The number of anilines is 1. The maximum atomic E-state index is 5.78. The van der Waals surface area contributed by atoms with Gasteiger partial charge in [0.25, 0.3) is 0 Å². The van der Waals surface area contributed by atoms with Gasteiger partial charge >= 0.3 is 0 Å². The largest absolute Gasteiger partial charge is 0.493 e. The fourth-order valence-corrected chi connectivity index (χ4v) is 1.90. The smallest absolute Gasteiger partial charge is 0.161 e. The van der Waals surface area contributed by atoms with Crippen LogP contribution in [0.1, 0.15) is 25.6 Å². The minimum Gasteiger partial charge on any atom is -0.493 e. The Balaban J connectivity index is 2.14. The molecule has 0 bridgehead atoms. The Morgan fingerprint density at radius 1 is 1.26 bits per heavy atom. The zero-order valence-corrected chi connectivity index (χ0v) is 11.5. The summed E-state index contributed by atoms with van der Waals surface area (Å²) in [4.78, 5) is 0. The Labute approximate surface area is 112 Å². The van der Waals surface area contributed by atoms with Crippen LogP contribution >= 0.6 is 0 Å². The Morgan fingerprint density at radius 2 is 1.95 bits per heavy atom. The van der Waals surface area contributed by atoms with Gasteiger partial charge in [-0.1, -0.05) is 12.1 Å². The molecule has 0 atom stereocenters. The highest BCUT2D eigenvalue weighted by Gasteiger charge is 2.10. The molecule has 0 aliphatic rings. The minimum atomic E-state index is 0.244. The van der Waals surface area contributed by atoms with E-state index in [1.165, 1.54) is 0 Å². The highest BCUT2D eigenvalue weighted by molar-refractivity contribution is 5.39. The first-order valence-corrected chi connectivity index (χ1v) is 6.21. The Morgan fingerprint density at radius 3 is 2.58 bits per heavy atom. The number of nitrogens with zero attached hydrogens (tertiary/aromatic N) is 2. The van der Waals surface area contributed by atoms with Crippen LogP contribution in [0.3, 0.4) is 0 Å². The first kappa shape index (κ1) is 13.3. The molecule has 1 heterocycles. The molecule has 0 aliphatic heterocycles. The van der Waals surface area contributed by atoms with Crippen LogP contribution in [0.2, 0.25) is 0 Å². The predicted octanol–water partition coefficient (Wildman–Crippen LogP) is 2.63. The van der Waals surface area contributed by atoms with Crippen LogP contribution in [0.15, 0.2) is 30.3 Å². The summed E-state index contributed by atoms with van der Waals surface area (Å²) in [5.74, 6) is 1.93. The Bertz CT molecular complexity index is 549. The third kappa shape index (κ3) is 2.99. The SMILES string of the molecule is COc1ccccc1OCc1cc(N)nn1C(C)C. The van der Waals surface area contributed by atoms with E-state index in [9.17, 15) is 0 Å². The van der Waals surface area contributed by atoms with Crippen molar-refractivity contribution in [1.29, 1.82) is 0 Å². The van der Waals surface area contributed by atoms with Crippen LogP contribution in [0.4, 0.5) is 5.82 Å². The lowest BCUT2D eigenvalue weighted by atomic mass is 10.3. The van der Waals surface area contributed by atoms with Crippen LogP contribution in [0.5, 0.6) is 11.5 Å². The summed E-state index contributed by atoms with van der Waals surface area (Å²) in [7, 11) is 1.62. The molecule has 0 spiro atoms. The molecule has 5 nitrogen and oxygen atoms in total.